The molecule has 3 nitrogen and oxygen atoms in total. The molecule has 3 unspecified atom stereocenters. The Labute approximate surface area is 156 Å². The second-order valence-corrected chi connectivity index (χ2v) is 10.7. The van der Waals surface area contributed by atoms with Crippen molar-refractivity contribution in [1.29, 1.82) is 5.26 Å². The van der Waals surface area contributed by atoms with Crippen LogP contribution in [-0.2, 0) is 4.79 Å². The minimum atomic E-state index is -0.553. The van der Waals surface area contributed by atoms with Gasteiger partial charge in [0.1, 0.15) is 5.92 Å². The van der Waals surface area contributed by atoms with E-state index in [-0.39, 0.29) is 22.0 Å². The van der Waals surface area contributed by atoms with Gasteiger partial charge in [0.25, 0.3) is 0 Å². The monoisotopic (exact) mass is 353 g/mol. The van der Waals surface area contributed by atoms with Gasteiger partial charge in [-0.1, -0.05) is 25.5 Å². The molecule has 5 aliphatic carbocycles. The van der Waals surface area contributed by atoms with Crippen molar-refractivity contribution in [3.8, 4) is 6.07 Å². The number of ketones is 1. The molecule has 1 N–H and O–H groups in total. The van der Waals surface area contributed by atoms with Crippen LogP contribution in [0.1, 0.15) is 72.1 Å². The second-order valence-electron chi connectivity index (χ2n) is 10.7. The molecule has 0 amide bonds. The van der Waals surface area contributed by atoms with Gasteiger partial charge in [0, 0.05) is 0 Å². The molecule has 5 aliphatic rings. The first-order chi connectivity index (χ1) is 12.2. The molecule has 26 heavy (non-hydrogen) atoms. The van der Waals surface area contributed by atoms with Crippen molar-refractivity contribution in [2.24, 2.45) is 39.9 Å². The summed E-state index contributed by atoms with van der Waals surface area (Å²) < 4.78 is 0. The molecule has 3 heteroatoms. The number of carbonyl (C=O) groups excluding carboxylic acids is 1. The lowest BCUT2D eigenvalue weighted by Crippen LogP contribution is -2.56. The smallest absolute Gasteiger partial charge is 0.160 e. The topological polar surface area (TPSA) is 61.1 Å². The molecule has 0 aromatic heterocycles. The Hall–Kier alpha value is -1.14. The van der Waals surface area contributed by atoms with Crippen LogP contribution in [0.3, 0.4) is 0 Å². The van der Waals surface area contributed by atoms with Crippen molar-refractivity contribution in [2.75, 3.05) is 0 Å². The Morgan fingerprint density at radius 3 is 2.46 bits per heavy atom. The molecule has 0 aromatic carbocycles. The number of allylic oxidation sites excluding steroid dienone is 2. The van der Waals surface area contributed by atoms with E-state index < -0.39 is 11.5 Å². The molecule has 4 saturated carbocycles. The van der Waals surface area contributed by atoms with Gasteiger partial charge in [0.15, 0.2) is 5.78 Å². The summed E-state index contributed by atoms with van der Waals surface area (Å²) in [4.78, 5) is 12.9. The zero-order valence-corrected chi connectivity index (χ0v) is 16.3. The summed E-state index contributed by atoms with van der Waals surface area (Å²) in [6.45, 7) is 6.72. The molecule has 5 rings (SSSR count). The van der Waals surface area contributed by atoms with Crippen LogP contribution in [0.4, 0.5) is 0 Å². The van der Waals surface area contributed by atoms with E-state index in [2.05, 4.69) is 26.0 Å². The molecule has 7 atom stereocenters. The zero-order chi connectivity index (χ0) is 18.5. The number of aliphatic hydroxyl groups is 1. The highest BCUT2D eigenvalue weighted by Gasteiger charge is 2.68. The van der Waals surface area contributed by atoms with Crippen molar-refractivity contribution in [3.63, 3.8) is 0 Å². The predicted octanol–water partition coefficient (Wildman–Crippen LogP) is 4.41. The Kier molecular flexibility index (Phi) is 3.15. The van der Waals surface area contributed by atoms with Gasteiger partial charge >= 0.3 is 0 Å². The van der Waals surface area contributed by atoms with Crippen molar-refractivity contribution in [3.05, 3.63) is 11.6 Å². The number of nitriles is 1. The quantitative estimate of drug-likeness (QED) is 0.656. The van der Waals surface area contributed by atoms with Gasteiger partial charge in [-0.15, -0.1) is 0 Å². The number of nitrogens with zero attached hydrogens (tertiary/aromatic N) is 1. The highest BCUT2D eigenvalue weighted by atomic mass is 16.3. The fraction of sp³-hybridized carbons (Fsp3) is 0.826. The first kappa shape index (κ1) is 17.0. The minimum absolute atomic E-state index is 0.00347. The fourth-order valence-corrected chi connectivity index (χ4v) is 8.07. The van der Waals surface area contributed by atoms with Gasteiger partial charge in [0.05, 0.1) is 17.1 Å². The van der Waals surface area contributed by atoms with Crippen LogP contribution in [-0.4, -0.2) is 16.5 Å². The molecule has 140 valence electrons. The average molecular weight is 354 g/mol. The highest BCUT2D eigenvalue weighted by molar-refractivity contribution is 5.96. The minimum Gasteiger partial charge on any atom is -0.390 e. The molecule has 0 aliphatic heterocycles. The van der Waals surface area contributed by atoms with Crippen LogP contribution in [0.25, 0.3) is 0 Å². The summed E-state index contributed by atoms with van der Waals surface area (Å²) in [5, 5.41) is 20.7. The van der Waals surface area contributed by atoms with Gasteiger partial charge in [-0.3, -0.25) is 4.79 Å². The Morgan fingerprint density at radius 2 is 1.81 bits per heavy atom. The van der Waals surface area contributed by atoms with E-state index in [9.17, 15) is 15.2 Å². The maximum absolute atomic E-state index is 12.9. The average Bonchev–Trinajstić information content (AvgIpc) is 3.34. The summed E-state index contributed by atoms with van der Waals surface area (Å²) >= 11 is 0. The van der Waals surface area contributed by atoms with Crippen molar-refractivity contribution in [2.45, 2.75) is 77.7 Å². The predicted molar refractivity (Wildman–Crippen MR) is 98.9 cm³/mol. The largest absolute Gasteiger partial charge is 0.390 e. The molecule has 4 fully saturated rings. The maximum atomic E-state index is 12.9. The molecule has 0 radical (unpaired) electrons. The summed E-state index contributed by atoms with van der Waals surface area (Å²) in [6.07, 6.45) is 10.4. The van der Waals surface area contributed by atoms with E-state index >= 15 is 0 Å². The number of carbonyl (C=O) groups is 1. The van der Waals surface area contributed by atoms with Crippen LogP contribution in [0, 0.1) is 51.2 Å². The first-order valence-electron chi connectivity index (χ1n) is 10.6. The summed E-state index contributed by atoms with van der Waals surface area (Å²) in [6, 6.07) is 2.35. The summed E-state index contributed by atoms with van der Waals surface area (Å²) in [7, 11) is 0. The molecule has 0 bridgehead atoms. The van der Waals surface area contributed by atoms with Crippen LogP contribution in [0.5, 0.6) is 0 Å². The maximum Gasteiger partial charge on any atom is 0.160 e. The fourth-order valence-electron chi connectivity index (χ4n) is 8.07. The van der Waals surface area contributed by atoms with Gasteiger partial charge in [-0.05, 0) is 86.9 Å². The van der Waals surface area contributed by atoms with E-state index in [1.165, 1.54) is 5.57 Å². The molecule has 0 aromatic rings. The van der Waals surface area contributed by atoms with E-state index in [4.69, 9.17) is 0 Å². The Balaban J connectivity index is 1.57. The molecule has 1 spiro atoms. The van der Waals surface area contributed by atoms with E-state index in [1.807, 2.05) is 6.92 Å². The number of rotatable bonds is 0. The van der Waals surface area contributed by atoms with Gasteiger partial charge < -0.3 is 5.11 Å². The zero-order valence-electron chi connectivity index (χ0n) is 16.3. The highest BCUT2D eigenvalue weighted by Crippen LogP contribution is 2.72. The standard InChI is InChI=1S/C23H31NO2/c1-20-12-14(13-24)19(25)23(10-11-23)18(20)5-4-15-16(20)6-8-21(2)17(15)7-9-22(21,3)26/h5,14-17,26H,4,6-12H2,1-3H3/t14-,15?,16?,17?,20+,21-,22-/m0/s1. The van der Waals surface area contributed by atoms with Crippen molar-refractivity contribution < 1.29 is 9.90 Å². The summed E-state index contributed by atoms with van der Waals surface area (Å²) in [5.74, 6) is 1.53. The van der Waals surface area contributed by atoms with Crippen LogP contribution >= 0.6 is 0 Å². The number of hydrogen-bond acceptors (Lipinski definition) is 3. The van der Waals surface area contributed by atoms with Crippen LogP contribution < -0.4 is 0 Å². The molecular weight excluding hydrogens is 322 g/mol. The van der Waals surface area contributed by atoms with E-state index in [1.54, 1.807) is 0 Å². The summed E-state index contributed by atoms with van der Waals surface area (Å²) in [5.41, 5.74) is 0.593. The second kappa shape index (κ2) is 4.82. The Morgan fingerprint density at radius 1 is 1.12 bits per heavy atom. The van der Waals surface area contributed by atoms with Crippen molar-refractivity contribution in [1.82, 2.24) is 0 Å². The lowest BCUT2D eigenvalue weighted by Gasteiger charge is -2.59. The third-order valence-corrected chi connectivity index (χ3v) is 9.86. The normalized spacial score (nSPS) is 54.0. The van der Waals surface area contributed by atoms with Gasteiger partial charge in [-0.25, -0.2) is 0 Å². The third-order valence-electron chi connectivity index (χ3n) is 9.86. The lowest BCUT2D eigenvalue weighted by atomic mass is 9.44. The van der Waals surface area contributed by atoms with Crippen LogP contribution in [0.2, 0.25) is 0 Å². The molecule has 0 saturated heterocycles. The molecule has 0 heterocycles. The number of hydrogen-bond donors (Lipinski definition) is 1. The first-order valence-corrected chi connectivity index (χ1v) is 10.6. The molecular formula is C23H31NO2. The Bertz CT molecular complexity index is 755. The number of fused-ring (bicyclic) bond motifs is 6. The van der Waals surface area contributed by atoms with Gasteiger partial charge in [0.2, 0.25) is 0 Å². The number of Topliss-reactive ketones (excluding diaryl/α,β-unsaturated/α-hetero) is 1. The van der Waals surface area contributed by atoms with Crippen molar-refractivity contribution >= 4 is 5.78 Å². The third kappa shape index (κ3) is 1.76. The van der Waals surface area contributed by atoms with Crippen LogP contribution in [0.15, 0.2) is 11.6 Å². The van der Waals surface area contributed by atoms with E-state index in [0.717, 1.165) is 51.4 Å². The van der Waals surface area contributed by atoms with E-state index in [0.29, 0.717) is 17.8 Å². The SMILES string of the molecule is C[C@]12C[C@@H](C#N)C(=O)C3(CC3)C1=CCC1C2CC[C@@]2(C)C1CC[C@]2(C)O. The lowest BCUT2D eigenvalue weighted by molar-refractivity contribution is -0.135. The van der Waals surface area contributed by atoms with Gasteiger partial charge in [-0.2, -0.15) is 5.26 Å².